The molecule has 0 aromatic carbocycles. The minimum absolute atomic E-state index is 0.0403. The van der Waals surface area contributed by atoms with Gasteiger partial charge in [-0.3, -0.25) is 14.4 Å². The summed E-state index contributed by atoms with van der Waals surface area (Å²) in [5.41, 5.74) is 0.666. The maximum Gasteiger partial charge on any atom is 0.323 e. The Labute approximate surface area is 128 Å². The fourth-order valence-corrected chi connectivity index (χ4v) is 3.05. The van der Waals surface area contributed by atoms with E-state index in [1.807, 2.05) is 19.9 Å². The average molecular weight is 311 g/mol. The lowest BCUT2D eigenvalue weighted by Gasteiger charge is -2.24. The van der Waals surface area contributed by atoms with Crippen molar-refractivity contribution in [1.29, 1.82) is 0 Å². The van der Waals surface area contributed by atoms with Crippen molar-refractivity contribution in [3.05, 3.63) is 21.4 Å². The molecule has 21 heavy (non-hydrogen) atoms. The van der Waals surface area contributed by atoms with Gasteiger partial charge in [0.15, 0.2) is 5.78 Å². The van der Waals surface area contributed by atoms with Crippen LogP contribution < -0.4 is 0 Å². The lowest BCUT2D eigenvalue weighted by atomic mass is 10.1. The standard InChI is InChI=1S/C15H21NO4S/c1-9(2)16(8-15(19)20)14(18)6-5-13(17)12-7-10(3)21-11(12)4/h7,9H,5-6,8H2,1-4H3,(H,19,20). The van der Waals surface area contributed by atoms with Crippen LogP contribution in [-0.4, -0.2) is 40.3 Å². The Morgan fingerprint density at radius 3 is 2.29 bits per heavy atom. The number of thiophene rings is 1. The highest BCUT2D eigenvalue weighted by Gasteiger charge is 2.21. The van der Waals surface area contributed by atoms with Crippen LogP contribution in [0.3, 0.4) is 0 Å². The number of carboxylic acids is 1. The number of hydrogen-bond donors (Lipinski definition) is 1. The van der Waals surface area contributed by atoms with Crippen LogP contribution in [0, 0.1) is 13.8 Å². The summed E-state index contributed by atoms with van der Waals surface area (Å²) in [4.78, 5) is 38.2. The average Bonchev–Trinajstić information content (AvgIpc) is 2.71. The van der Waals surface area contributed by atoms with Gasteiger partial charge in [-0.15, -0.1) is 11.3 Å². The summed E-state index contributed by atoms with van der Waals surface area (Å²) in [6.07, 6.45) is 0.150. The summed E-state index contributed by atoms with van der Waals surface area (Å²) in [6, 6.07) is 1.64. The molecule has 0 spiro atoms. The molecule has 0 saturated heterocycles. The van der Waals surface area contributed by atoms with E-state index in [9.17, 15) is 14.4 Å². The van der Waals surface area contributed by atoms with Gasteiger partial charge in [-0.2, -0.15) is 0 Å². The van der Waals surface area contributed by atoms with Gasteiger partial charge < -0.3 is 10.0 Å². The highest BCUT2D eigenvalue weighted by atomic mass is 32.1. The third-order valence-electron chi connectivity index (χ3n) is 3.16. The van der Waals surface area contributed by atoms with E-state index in [2.05, 4.69) is 0 Å². The second-order valence-electron chi connectivity index (χ2n) is 5.26. The number of rotatable bonds is 7. The quantitative estimate of drug-likeness (QED) is 0.786. The molecule has 1 heterocycles. The first-order chi connectivity index (χ1) is 9.72. The van der Waals surface area contributed by atoms with Gasteiger partial charge in [0.05, 0.1) is 0 Å². The van der Waals surface area contributed by atoms with Gasteiger partial charge in [-0.05, 0) is 33.8 Å². The molecule has 1 N–H and O–H groups in total. The van der Waals surface area contributed by atoms with Crippen molar-refractivity contribution < 1.29 is 19.5 Å². The molecular weight excluding hydrogens is 290 g/mol. The van der Waals surface area contributed by atoms with Crippen molar-refractivity contribution in [3.8, 4) is 0 Å². The number of ketones is 1. The Kier molecular flexibility index (Phi) is 6.08. The van der Waals surface area contributed by atoms with Crippen molar-refractivity contribution in [2.45, 2.75) is 46.6 Å². The van der Waals surface area contributed by atoms with Gasteiger partial charge in [-0.1, -0.05) is 0 Å². The molecule has 1 aromatic heterocycles. The summed E-state index contributed by atoms with van der Waals surface area (Å²) in [6.45, 7) is 7.01. The van der Waals surface area contributed by atoms with E-state index >= 15 is 0 Å². The first-order valence-electron chi connectivity index (χ1n) is 6.83. The number of aliphatic carboxylic acids is 1. The van der Waals surface area contributed by atoms with E-state index in [4.69, 9.17) is 5.11 Å². The predicted octanol–water partition coefficient (Wildman–Crippen LogP) is 2.65. The van der Waals surface area contributed by atoms with Crippen molar-refractivity contribution in [2.75, 3.05) is 6.54 Å². The van der Waals surface area contributed by atoms with E-state index in [0.29, 0.717) is 5.56 Å². The van der Waals surface area contributed by atoms with Gasteiger partial charge in [-0.25, -0.2) is 0 Å². The van der Waals surface area contributed by atoms with E-state index in [1.54, 1.807) is 25.2 Å². The van der Waals surface area contributed by atoms with Crippen molar-refractivity contribution in [1.82, 2.24) is 4.90 Å². The summed E-state index contributed by atoms with van der Waals surface area (Å²) in [5.74, 6) is -1.41. The zero-order valence-corrected chi connectivity index (χ0v) is 13.6. The molecule has 0 unspecified atom stereocenters. The molecule has 1 aromatic rings. The molecular formula is C15H21NO4S. The molecule has 0 aliphatic heterocycles. The zero-order chi connectivity index (χ0) is 16.2. The number of carbonyl (C=O) groups excluding carboxylic acids is 2. The van der Waals surface area contributed by atoms with Crippen molar-refractivity contribution in [2.24, 2.45) is 0 Å². The van der Waals surface area contributed by atoms with Gasteiger partial charge in [0.25, 0.3) is 0 Å². The van der Waals surface area contributed by atoms with E-state index in [1.165, 1.54) is 4.90 Å². The third-order valence-corrected chi connectivity index (χ3v) is 4.12. The van der Waals surface area contributed by atoms with Gasteiger partial charge in [0, 0.05) is 34.2 Å². The predicted molar refractivity (Wildman–Crippen MR) is 81.8 cm³/mol. The Morgan fingerprint density at radius 1 is 1.24 bits per heavy atom. The highest BCUT2D eigenvalue weighted by Crippen LogP contribution is 2.22. The maximum atomic E-state index is 12.1. The lowest BCUT2D eigenvalue weighted by Crippen LogP contribution is -2.40. The fourth-order valence-electron chi connectivity index (χ4n) is 2.11. The number of carbonyl (C=O) groups is 3. The van der Waals surface area contributed by atoms with E-state index < -0.39 is 5.97 Å². The molecule has 1 rings (SSSR count). The van der Waals surface area contributed by atoms with Crippen molar-refractivity contribution >= 4 is 29.0 Å². The van der Waals surface area contributed by atoms with Gasteiger partial charge in [0.2, 0.25) is 5.91 Å². The molecule has 0 saturated carbocycles. The lowest BCUT2D eigenvalue weighted by molar-refractivity contribution is -0.145. The Balaban J connectivity index is 2.64. The van der Waals surface area contributed by atoms with Crippen LogP contribution in [0.1, 0.15) is 46.8 Å². The molecule has 0 aliphatic rings. The number of hydrogen-bond acceptors (Lipinski definition) is 4. The topological polar surface area (TPSA) is 74.7 Å². The summed E-state index contributed by atoms with van der Waals surface area (Å²) < 4.78 is 0. The second kappa shape index (κ2) is 7.36. The maximum absolute atomic E-state index is 12.1. The van der Waals surface area contributed by atoms with Crippen molar-refractivity contribution in [3.63, 3.8) is 0 Å². The number of Topliss-reactive ketones (excluding diaryl/α,β-unsaturated/α-hetero) is 1. The molecule has 116 valence electrons. The normalized spacial score (nSPS) is 10.7. The second-order valence-corrected chi connectivity index (χ2v) is 6.72. The van der Waals surface area contributed by atoms with Crippen LogP contribution in [0.4, 0.5) is 0 Å². The van der Waals surface area contributed by atoms with Crippen LogP contribution in [-0.2, 0) is 9.59 Å². The molecule has 0 aliphatic carbocycles. The smallest absolute Gasteiger partial charge is 0.323 e. The molecule has 0 atom stereocenters. The monoisotopic (exact) mass is 311 g/mol. The fraction of sp³-hybridized carbons (Fsp3) is 0.533. The minimum atomic E-state index is -1.05. The van der Waals surface area contributed by atoms with E-state index in [0.717, 1.165) is 9.75 Å². The highest BCUT2D eigenvalue weighted by molar-refractivity contribution is 7.12. The number of carboxylic acid groups (broad SMARTS) is 1. The van der Waals surface area contributed by atoms with Gasteiger partial charge >= 0.3 is 5.97 Å². The molecule has 0 radical (unpaired) electrons. The third kappa shape index (κ3) is 4.97. The van der Waals surface area contributed by atoms with Crippen LogP contribution in [0.2, 0.25) is 0 Å². The van der Waals surface area contributed by atoms with Crippen LogP contribution in [0.25, 0.3) is 0 Å². The molecule has 1 amide bonds. The molecule has 0 fully saturated rings. The van der Waals surface area contributed by atoms with Crippen LogP contribution in [0.5, 0.6) is 0 Å². The molecule has 5 nitrogen and oxygen atoms in total. The summed E-state index contributed by atoms with van der Waals surface area (Å²) in [7, 11) is 0. The molecule has 0 bridgehead atoms. The van der Waals surface area contributed by atoms with Crippen LogP contribution >= 0.6 is 11.3 Å². The SMILES string of the molecule is Cc1cc(C(=O)CCC(=O)N(CC(=O)O)C(C)C)c(C)s1. The summed E-state index contributed by atoms with van der Waals surface area (Å²) in [5, 5.41) is 8.82. The largest absolute Gasteiger partial charge is 0.480 e. The minimum Gasteiger partial charge on any atom is -0.480 e. The number of aryl methyl sites for hydroxylation is 2. The number of amides is 1. The summed E-state index contributed by atoms with van der Waals surface area (Å²) >= 11 is 1.56. The first-order valence-corrected chi connectivity index (χ1v) is 7.65. The zero-order valence-electron chi connectivity index (χ0n) is 12.8. The Bertz CT molecular complexity index is 548. The van der Waals surface area contributed by atoms with E-state index in [-0.39, 0.29) is 37.1 Å². The Morgan fingerprint density at radius 2 is 1.86 bits per heavy atom. The molecule has 6 heteroatoms. The number of nitrogens with zero attached hydrogens (tertiary/aromatic N) is 1. The van der Waals surface area contributed by atoms with Gasteiger partial charge in [0.1, 0.15) is 6.54 Å². The Hall–Kier alpha value is -1.69. The van der Waals surface area contributed by atoms with Crippen LogP contribution in [0.15, 0.2) is 6.07 Å². The first kappa shape index (κ1) is 17.4.